The molecule has 0 bridgehead atoms. The molecule has 0 spiro atoms. The second-order valence-electron chi connectivity index (χ2n) is 4.92. The topological polar surface area (TPSA) is 72.3 Å². The summed E-state index contributed by atoms with van der Waals surface area (Å²) in [6.07, 6.45) is 0. The number of carboxylic acids is 1. The summed E-state index contributed by atoms with van der Waals surface area (Å²) in [7, 11) is 0. The summed E-state index contributed by atoms with van der Waals surface area (Å²) in [5.74, 6) is -0.741. The van der Waals surface area contributed by atoms with E-state index in [-0.39, 0.29) is 23.2 Å². The fourth-order valence-electron chi connectivity index (χ4n) is 1.76. The van der Waals surface area contributed by atoms with Crippen molar-refractivity contribution in [1.29, 1.82) is 0 Å². The summed E-state index contributed by atoms with van der Waals surface area (Å²) in [6.45, 7) is 5.85. The zero-order chi connectivity index (χ0) is 15.6. The predicted molar refractivity (Wildman–Crippen MR) is 79.3 cm³/mol. The Morgan fingerprint density at radius 1 is 1.29 bits per heavy atom. The predicted octanol–water partition coefficient (Wildman–Crippen LogP) is 4.05. The Balaban J connectivity index is 2.41. The number of carbonyl (C=O) groups is 1. The van der Waals surface area contributed by atoms with Crippen LogP contribution in [0.15, 0.2) is 24.3 Å². The van der Waals surface area contributed by atoms with Gasteiger partial charge in [-0.15, -0.1) is 0 Å². The molecule has 2 aromatic rings. The van der Waals surface area contributed by atoms with Crippen LogP contribution in [0.5, 0.6) is 11.8 Å². The number of carboxylic acid groups (broad SMARTS) is 1. The maximum Gasteiger partial charge on any atom is 0.339 e. The Labute approximate surface area is 127 Å². The van der Waals surface area contributed by atoms with Gasteiger partial charge in [0.2, 0.25) is 0 Å². The van der Waals surface area contributed by atoms with Crippen LogP contribution in [0.4, 0.5) is 0 Å². The summed E-state index contributed by atoms with van der Waals surface area (Å²) in [4.78, 5) is 19.7. The van der Waals surface area contributed by atoms with E-state index in [1.54, 1.807) is 6.07 Å². The van der Waals surface area contributed by atoms with Crippen LogP contribution in [0.3, 0.4) is 0 Å². The molecular weight excluding hydrogens is 292 g/mol. The van der Waals surface area contributed by atoms with E-state index in [0.717, 1.165) is 11.4 Å². The van der Waals surface area contributed by atoms with Gasteiger partial charge in [-0.1, -0.05) is 25.4 Å². The third-order valence-electron chi connectivity index (χ3n) is 2.82. The molecule has 2 rings (SSSR count). The average molecular weight is 307 g/mol. The van der Waals surface area contributed by atoms with Crippen LogP contribution in [-0.2, 0) is 0 Å². The van der Waals surface area contributed by atoms with Gasteiger partial charge >= 0.3 is 12.0 Å². The second-order valence-corrected chi connectivity index (χ2v) is 5.36. The highest BCUT2D eigenvalue weighted by molar-refractivity contribution is 6.31. The molecule has 1 heterocycles. The number of rotatable bonds is 4. The highest BCUT2D eigenvalue weighted by atomic mass is 35.5. The molecule has 1 aromatic carbocycles. The number of aromatic nitrogens is 2. The number of nitrogens with zero attached hydrogens (tertiary/aromatic N) is 2. The molecule has 0 unspecified atom stereocenters. The lowest BCUT2D eigenvalue weighted by Crippen LogP contribution is -2.04. The molecule has 0 aliphatic heterocycles. The third kappa shape index (κ3) is 3.70. The van der Waals surface area contributed by atoms with Gasteiger partial charge in [-0.2, -0.15) is 4.98 Å². The number of aromatic carboxylic acids is 1. The largest absolute Gasteiger partial charge is 0.478 e. The quantitative estimate of drug-likeness (QED) is 0.922. The summed E-state index contributed by atoms with van der Waals surface area (Å²) in [5, 5.41) is 9.51. The van der Waals surface area contributed by atoms with Crippen molar-refractivity contribution in [3.8, 4) is 11.8 Å². The first kappa shape index (κ1) is 15.3. The van der Waals surface area contributed by atoms with E-state index in [1.165, 1.54) is 12.1 Å². The molecule has 0 amide bonds. The lowest BCUT2D eigenvalue weighted by molar-refractivity contribution is 0.0694. The molecule has 110 valence electrons. The molecule has 1 N–H and O–H groups in total. The van der Waals surface area contributed by atoms with Crippen LogP contribution in [0, 0.1) is 6.92 Å². The van der Waals surface area contributed by atoms with Gasteiger partial charge in [0.25, 0.3) is 0 Å². The van der Waals surface area contributed by atoms with Gasteiger partial charge in [-0.05, 0) is 37.1 Å². The average Bonchev–Trinajstić information content (AvgIpc) is 2.40. The molecule has 0 aliphatic carbocycles. The number of benzene rings is 1. The molecule has 6 heteroatoms. The number of hydrogen-bond acceptors (Lipinski definition) is 4. The standard InChI is InChI=1S/C15H15ClN2O3/c1-8(2)12-6-9(3)17-15(18-12)21-13-5-4-10(16)7-11(13)14(19)20/h4-8H,1-3H3,(H,19,20). The Morgan fingerprint density at radius 3 is 2.62 bits per heavy atom. The van der Waals surface area contributed by atoms with E-state index in [0.29, 0.717) is 5.02 Å². The minimum absolute atomic E-state index is 0.0290. The van der Waals surface area contributed by atoms with Crippen LogP contribution in [0.1, 0.15) is 41.5 Å². The number of halogens is 1. The fourth-order valence-corrected chi connectivity index (χ4v) is 1.94. The Hall–Kier alpha value is -2.14. The lowest BCUT2D eigenvalue weighted by atomic mass is 10.1. The van der Waals surface area contributed by atoms with E-state index >= 15 is 0 Å². The van der Waals surface area contributed by atoms with E-state index in [9.17, 15) is 9.90 Å². The molecular formula is C15H15ClN2O3. The van der Waals surface area contributed by atoms with Crippen molar-refractivity contribution in [1.82, 2.24) is 9.97 Å². The smallest absolute Gasteiger partial charge is 0.339 e. The van der Waals surface area contributed by atoms with Crippen molar-refractivity contribution in [3.05, 3.63) is 46.2 Å². The summed E-state index contributed by atoms with van der Waals surface area (Å²) < 4.78 is 5.54. The molecule has 21 heavy (non-hydrogen) atoms. The molecule has 1 aromatic heterocycles. The van der Waals surface area contributed by atoms with Gasteiger partial charge in [0.05, 0.1) is 5.69 Å². The van der Waals surface area contributed by atoms with Crippen LogP contribution in [0.2, 0.25) is 5.02 Å². The highest BCUT2D eigenvalue weighted by Crippen LogP contribution is 2.27. The van der Waals surface area contributed by atoms with E-state index < -0.39 is 5.97 Å². The van der Waals surface area contributed by atoms with Crippen LogP contribution in [0.25, 0.3) is 0 Å². The Kier molecular flexibility index (Phi) is 4.43. The van der Waals surface area contributed by atoms with Gasteiger partial charge in [0.1, 0.15) is 11.3 Å². The van der Waals surface area contributed by atoms with Gasteiger partial charge in [0, 0.05) is 10.7 Å². The lowest BCUT2D eigenvalue weighted by Gasteiger charge is -2.11. The van der Waals surface area contributed by atoms with Gasteiger partial charge < -0.3 is 9.84 Å². The SMILES string of the molecule is Cc1cc(C(C)C)nc(Oc2ccc(Cl)cc2C(=O)O)n1. The first-order valence-corrected chi connectivity index (χ1v) is 6.81. The molecule has 0 atom stereocenters. The number of ether oxygens (including phenoxy) is 1. The molecule has 0 saturated carbocycles. The monoisotopic (exact) mass is 306 g/mol. The molecule has 0 radical (unpaired) electrons. The first-order valence-electron chi connectivity index (χ1n) is 6.43. The molecule has 0 saturated heterocycles. The summed E-state index contributed by atoms with van der Waals surface area (Å²) >= 11 is 5.81. The van der Waals surface area contributed by atoms with Crippen molar-refractivity contribution in [3.63, 3.8) is 0 Å². The Bertz CT molecular complexity index is 687. The maximum absolute atomic E-state index is 11.2. The summed E-state index contributed by atoms with van der Waals surface area (Å²) in [5.41, 5.74) is 1.57. The zero-order valence-electron chi connectivity index (χ0n) is 11.9. The summed E-state index contributed by atoms with van der Waals surface area (Å²) in [6, 6.07) is 6.38. The fraction of sp³-hybridized carbons (Fsp3) is 0.267. The second kappa shape index (κ2) is 6.10. The third-order valence-corrected chi connectivity index (χ3v) is 3.05. The molecule has 0 aliphatic rings. The van der Waals surface area contributed by atoms with E-state index in [4.69, 9.17) is 16.3 Å². The van der Waals surface area contributed by atoms with Crippen LogP contribution < -0.4 is 4.74 Å². The van der Waals surface area contributed by atoms with Gasteiger partial charge in [-0.25, -0.2) is 9.78 Å². The van der Waals surface area contributed by atoms with Crippen molar-refractivity contribution < 1.29 is 14.6 Å². The van der Waals surface area contributed by atoms with Crippen molar-refractivity contribution >= 4 is 17.6 Å². The normalized spacial score (nSPS) is 10.7. The van der Waals surface area contributed by atoms with Crippen LogP contribution in [-0.4, -0.2) is 21.0 Å². The van der Waals surface area contributed by atoms with E-state index in [2.05, 4.69) is 9.97 Å². The highest BCUT2D eigenvalue weighted by Gasteiger charge is 2.15. The van der Waals surface area contributed by atoms with Crippen LogP contribution >= 0.6 is 11.6 Å². The zero-order valence-corrected chi connectivity index (χ0v) is 12.7. The van der Waals surface area contributed by atoms with E-state index in [1.807, 2.05) is 26.8 Å². The number of hydrogen-bond donors (Lipinski definition) is 1. The molecule has 5 nitrogen and oxygen atoms in total. The maximum atomic E-state index is 11.2. The Morgan fingerprint density at radius 2 is 2.00 bits per heavy atom. The number of aryl methyl sites for hydroxylation is 1. The first-order chi connectivity index (χ1) is 9.86. The minimum atomic E-state index is -1.12. The van der Waals surface area contributed by atoms with Crippen molar-refractivity contribution in [2.45, 2.75) is 26.7 Å². The minimum Gasteiger partial charge on any atom is -0.478 e. The molecule has 0 fully saturated rings. The van der Waals surface area contributed by atoms with Crippen molar-refractivity contribution in [2.75, 3.05) is 0 Å². The van der Waals surface area contributed by atoms with Gasteiger partial charge in [-0.3, -0.25) is 0 Å². The van der Waals surface area contributed by atoms with Gasteiger partial charge in [0.15, 0.2) is 0 Å². The van der Waals surface area contributed by atoms with Crippen molar-refractivity contribution in [2.24, 2.45) is 0 Å².